The number of hydrogen-bond donors (Lipinski definition) is 0. The van der Waals surface area contributed by atoms with Crippen LogP contribution in [0, 0.1) is 23.2 Å². The first-order chi connectivity index (χ1) is 12.4. The number of nitriles is 1. The predicted molar refractivity (Wildman–Crippen MR) is 87.4 cm³/mol. The van der Waals surface area contributed by atoms with E-state index < -0.39 is 11.9 Å². The van der Waals surface area contributed by atoms with Gasteiger partial charge >= 0.3 is 6.18 Å². The molecule has 0 aromatic carbocycles. The molecule has 0 aliphatic carbocycles. The van der Waals surface area contributed by atoms with E-state index in [4.69, 9.17) is 5.26 Å². The molecule has 2 aromatic heterocycles. The number of rotatable bonds is 2. The van der Waals surface area contributed by atoms with Gasteiger partial charge in [0, 0.05) is 44.2 Å². The Morgan fingerprint density at radius 3 is 2.00 bits per heavy atom. The van der Waals surface area contributed by atoms with Gasteiger partial charge in [0.05, 0.1) is 5.56 Å². The first-order valence-electron chi connectivity index (χ1n) is 8.21. The number of fused-ring (bicyclic) bond motifs is 1. The van der Waals surface area contributed by atoms with Gasteiger partial charge in [-0.25, -0.2) is 4.98 Å². The van der Waals surface area contributed by atoms with Gasteiger partial charge in [0.15, 0.2) is 11.5 Å². The van der Waals surface area contributed by atoms with Gasteiger partial charge in [0.2, 0.25) is 0 Å². The Morgan fingerprint density at radius 2 is 1.54 bits per heavy atom. The van der Waals surface area contributed by atoms with Crippen molar-refractivity contribution in [3.63, 3.8) is 0 Å². The Balaban J connectivity index is 1.41. The molecule has 134 valence electrons. The van der Waals surface area contributed by atoms with Crippen LogP contribution in [0.25, 0.3) is 0 Å². The summed E-state index contributed by atoms with van der Waals surface area (Å²) in [5.41, 5.74) is -0.445. The molecule has 0 radical (unpaired) electrons. The van der Waals surface area contributed by atoms with Gasteiger partial charge in [-0.15, -0.1) is 10.2 Å². The van der Waals surface area contributed by atoms with Crippen molar-refractivity contribution in [3.05, 3.63) is 41.7 Å². The van der Waals surface area contributed by atoms with E-state index >= 15 is 0 Å². The third-order valence-electron chi connectivity index (χ3n) is 4.95. The van der Waals surface area contributed by atoms with Crippen molar-refractivity contribution in [2.45, 2.75) is 6.18 Å². The van der Waals surface area contributed by atoms with Gasteiger partial charge in [-0.2, -0.15) is 18.4 Å². The van der Waals surface area contributed by atoms with Crippen LogP contribution >= 0.6 is 0 Å². The average Bonchev–Trinajstić information content (AvgIpc) is 3.20. The smallest absolute Gasteiger partial charge is 0.356 e. The predicted octanol–water partition coefficient (Wildman–Crippen LogP) is 2.33. The SMILES string of the molecule is N#Cc1ccc(N2CC3CN(c4ccc(C(F)(F)F)nn4)CC3C2)nc1. The molecule has 6 nitrogen and oxygen atoms in total. The van der Waals surface area contributed by atoms with Gasteiger partial charge < -0.3 is 9.80 Å². The van der Waals surface area contributed by atoms with Crippen molar-refractivity contribution >= 4 is 11.6 Å². The molecule has 26 heavy (non-hydrogen) atoms. The molecule has 0 bridgehead atoms. The van der Waals surface area contributed by atoms with E-state index in [-0.39, 0.29) is 0 Å². The third-order valence-corrected chi connectivity index (χ3v) is 4.95. The quantitative estimate of drug-likeness (QED) is 0.819. The molecule has 4 rings (SSSR count). The lowest BCUT2D eigenvalue weighted by Gasteiger charge is -2.22. The van der Waals surface area contributed by atoms with Gasteiger partial charge in [-0.3, -0.25) is 0 Å². The molecule has 2 aliphatic rings. The Kier molecular flexibility index (Phi) is 3.90. The Labute approximate surface area is 147 Å². The minimum absolute atomic E-state index is 0.400. The molecule has 0 N–H and O–H groups in total. The number of aromatic nitrogens is 3. The van der Waals surface area contributed by atoms with Crippen molar-refractivity contribution < 1.29 is 13.2 Å². The molecular formula is C17H15F3N6. The maximum atomic E-state index is 12.6. The van der Waals surface area contributed by atoms with Crippen LogP contribution in [0.2, 0.25) is 0 Å². The standard InChI is InChI=1S/C17H15F3N6/c18-17(19,20)14-2-4-16(24-23-14)26-9-12-7-25(8-13(12)10-26)15-3-1-11(5-21)6-22-15/h1-4,6,12-13H,7-10H2. The van der Waals surface area contributed by atoms with Crippen LogP contribution in [0.15, 0.2) is 30.5 Å². The van der Waals surface area contributed by atoms with Crippen LogP contribution in [0.4, 0.5) is 24.8 Å². The second-order valence-electron chi connectivity index (χ2n) is 6.62. The fraction of sp³-hybridized carbons (Fsp3) is 0.412. The summed E-state index contributed by atoms with van der Waals surface area (Å²) < 4.78 is 37.8. The lowest BCUT2D eigenvalue weighted by molar-refractivity contribution is -0.141. The van der Waals surface area contributed by atoms with E-state index in [1.165, 1.54) is 6.07 Å². The number of pyridine rings is 1. The average molecular weight is 360 g/mol. The van der Waals surface area contributed by atoms with Crippen molar-refractivity contribution in [1.82, 2.24) is 15.2 Å². The molecule has 0 spiro atoms. The first kappa shape index (κ1) is 16.6. The van der Waals surface area contributed by atoms with E-state index in [2.05, 4.69) is 26.2 Å². The lowest BCUT2D eigenvalue weighted by atomic mass is 10.0. The van der Waals surface area contributed by atoms with Crippen LogP contribution in [0.5, 0.6) is 0 Å². The van der Waals surface area contributed by atoms with Crippen molar-refractivity contribution in [3.8, 4) is 6.07 Å². The summed E-state index contributed by atoms with van der Waals surface area (Å²) in [5, 5.41) is 15.9. The molecule has 2 saturated heterocycles. The van der Waals surface area contributed by atoms with E-state index in [1.807, 2.05) is 11.0 Å². The van der Waals surface area contributed by atoms with E-state index in [1.54, 1.807) is 12.3 Å². The summed E-state index contributed by atoms with van der Waals surface area (Å²) in [5.74, 6) is 2.13. The molecule has 0 amide bonds. The molecule has 2 atom stereocenters. The summed E-state index contributed by atoms with van der Waals surface area (Å²) in [7, 11) is 0. The van der Waals surface area contributed by atoms with Crippen molar-refractivity contribution in [2.24, 2.45) is 11.8 Å². The van der Waals surface area contributed by atoms with Gasteiger partial charge in [-0.1, -0.05) is 0 Å². The molecule has 4 heterocycles. The van der Waals surface area contributed by atoms with Crippen LogP contribution in [0.1, 0.15) is 11.3 Å². The summed E-state index contributed by atoms with van der Waals surface area (Å²) in [4.78, 5) is 8.51. The molecule has 2 unspecified atom stereocenters. The second kappa shape index (κ2) is 6.12. The maximum absolute atomic E-state index is 12.6. The maximum Gasteiger partial charge on any atom is 0.435 e. The van der Waals surface area contributed by atoms with E-state index in [0.29, 0.717) is 23.2 Å². The van der Waals surface area contributed by atoms with Crippen LogP contribution < -0.4 is 9.80 Å². The minimum Gasteiger partial charge on any atom is -0.356 e. The number of halogens is 3. The highest BCUT2D eigenvalue weighted by Crippen LogP contribution is 2.35. The molecule has 9 heteroatoms. The first-order valence-corrected chi connectivity index (χ1v) is 8.21. The van der Waals surface area contributed by atoms with Crippen molar-refractivity contribution in [1.29, 1.82) is 5.26 Å². The summed E-state index contributed by atoms with van der Waals surface area (Å²) in [6, 6.07) is 8.01. The molecule has 2 fully saturated rings. The highest BCUT2D eigenvalue weighted by atomic mass is 19.4. The topological polar surface area (TPSA) is 68.9 Å². The summed E-state index contributed by atoms with van der Waals surface area (Å²) in [6.07, 6.45) is -2.91. The fourth-order valence-corrected chi connectivity index (χ4v) is 3.65. The largest absolute Gasteiger partial charge is 0.435 e. The highest BCUT2D eigenvalue weighted by Gasteiger charge is 2.41. The zero-order valence-electron chi connectivity index (χ0n) is 13.7. The molecule has 0 saturated carbocycles. The molecular weight excluding hydrogens is 345 g/mol. The number of nitrogens with zero attached hydrogens (tertiary/aromatic N) is 6. The second-order valence-corrected chi connectivity index (χ2v) is 6.62. The van der Waals surface area contributed by atoms with Crippen molar-refractivity contribution in [2.75, 3.05) is 36.0 Å². The van der Waals surface area contributed by atoms with Gasteiger partial charge in [0.1, 0.15) is 11.9 Å². The Hall–Kier alpha value is -2.89. The number of hydrogen-bond acceptors (Lipinski definition) is 6. The zero-order valence-corrected chi connectivity index (χ0v) is 13.7. The van der Waals surface area contributed by atoms with Crippen LogP contribution in [-0.2, 0) is 6.18 Å². The van der Waals surface area contributed by atoms with Crippen LogP contribution in [0.3, 0.4) is 0 Å². The van der Waals surface area contributed by atoms with Gasteiger partial charge in [0.25, 0.3) is 0 Å². The van der Waals surface area contributed by atoms with E-state index in [9.17, 15) is 13.2 Å². The Morgan fingerprint density at radius 1 is 0.923 bits per heavy atom. The summed E-state index contributed by atoms with van der Waals surface area (Å²) >= 11 is 0. The number of anilines is 2. The molecule has 2 aliphatic heterocycles. The van der Waals surface area contributed by atoms with E-state index in [0.717, 1.165) is 38.1 Å². The van der Waals surface area contributed by atoms with Gasteiger partial charge in [-0.05, 0) is 24.3 Å². The zero-order chi connectivity index (χ0) is 18.3. The molecule has 2 aromatic rings. The minimum atomic E-state index is -4.47. The Bertz CT molecular complexity index is 814. The third kappa shape index (κ3) is 3.03. The summed E-state index contributed by atoms with van der Waals surface area (Å²) in [6.45, 7) is 3.12. The fourth-order valence-electron chi connectivity index (χ4n) is 3.65. The number of alkyl halides is 3. The van der Waals surface area contributed by atoms with Crippen LogP contribution in [-0.4, -0.2) is 41.4 Å². The lowest BCUT2D eigenvalue weighted by Crippen LogP contribution is -2.29. The normalized spacial score (nSPS) is 22.4. The highest BCUT2D eigenvalue weighted by molar-refractivity contribution is 5.46. The monoisotopic (exact) mass is 360 g/mol.